The van der Waals surface area contributed by atoms with Gasteiger partial charge in [-0.25, -0.2) is 0 Å². The van der Waals surface area contributed by atoms with Gasteiger partial charge in [-0.15, -0.1) is 0 Å². The quantitative estimate of drug-likeness (QED) is 0.922. The smallest absolute Gasteiger partial charge is 0.255 e. The molecular formula is C18H21N3OS. The summed E-state index contributed by atoms with van der Waals surface area (Å²) in [5, 5.41) is 4.12. The fourth-order valence-corrected chi connectivity index (χ4v) is 4.65. The van der Waals surface area contributed by atoms with E-state index in [1.165, 1.54) is 0 Å². The Morgan fingerprint density at radius 3 is 2.87 bits per heavy atom. The van der Waals surface area contributed by atoms with Crippen LogP contribution in [0.15, 0.2) is 29.0 Å². The summed E-state index contributed by atoms with van der Waals surface area (Å²) in [4.78, 5) is 19.5. The van der Waals surface area contributed by atoms with Crippen molar-refractivity contribution in [3.8, 4) is 11.3 Å². The first kappa shape index (κ1) is 14.8. The number of hydrogen-bond acceptors (Lipinski definition) is 4. The molecule has 0 spiro atoms. The number of amides is 1. The second-order valence-electron chi connectivity index (χ2n) is 6.72. The molecule has 2 aromatic heterocycles. The number of rotatable bonds is 2. The number of carbonyl (C=O) groups is 1. The van der Waals surface area contributed by atoms with Crippen LogP contribution in [-0.2, 0) is 0 Å². The van der Waals surface area contributed by atoms with E-state index in [9.17, 15) is 4.79 Å². The van der Waals surface area contributed by atoms with Gasteiger partial charge in [-0.1, -0.05) is 0 Å². The molecule has 120 valence electrons. The molecule has 2 fully saturated rings. The highest BCUT2D eigenvalue weighted by atomic mass is 32.1. The zero-order chi connectivity index (χ0) is 16.0. The van der Waals surface area contributed by atoms with E-state index < -0.39 is 0 Å². The number of fused-ring (bicyclic) bond motifs is 1. The van der Waals surface area contributed by atoms with Crippen molar-refractivity contribution in [2.45, 2.75) is 25.8 Å². The number of nitrogens with zero attached hydrogens (tertiary/aromatic N) is 2. The van der Waals surface area contributed by atoms with E-state index in [0.29, 0.717) is 11.8 Å². The van der Waals surface area contributed by atoms with Crippen LogP contribution in [0.25, 0.3) is 11.3 Å². The maximum atomic E-state index is 12.9. The molecule has 5 heteroatoms. The van der Waals surface area contributed by atoms with Crippen LogP contribution in [0, 0.1) is 18.8 Å². The van der Waals surface area contributed by atoms with E-state index in [0.717, 1.165) is 48.4 Å². The molecule has 1 aliphatic heterocycles. The van der Waals surface area contributed by atoms with Gasteiger partial charge in [0.15, 0.2) is 0 Å². The van der Waals surface area contributed by atoms with Crippen molar-refractivity contribution < 1.29 is 4.79 Å². The summed E-state index contributed by atoms with van der Waals surface area (Å²) in [7, 11) is 0. The Bertz CT molecular complexity index is 728. The molecule has 2 aliphatic rings. The minimum absolute atomic E-state index is 0.105. The third kappa shape index (κ3) is 2.58. The number of carbonyl (C=O) groups excluding carboxylic acids is 1. The molecule has 1 aliphatic carbocycles. The second-order valence-corrected chi connectivity index (χ2v) is 7.50. The van der Waals surface area contributed by atoms with E-state index in [2.05, 4.69) is 16.4 Å². The molecule has 3 heterocycles. The molecule has 4 rings (SSSR count). The van der Waals surface area contributed by atoms with Crippen LogP contribution < -0.4 is 5.73 Å². The molecule has 0 radical (unpaired) electrons. The van der Waals surface area contributed by atoms with Crippen LogP contribution in [0.1, 0.15) is 28.9 Å². The number of hydrogen-bond donors (Lipinski definition) is 1. The first-order chi connectivity index (χ1) is 11.1. The summed E-state index contributed by atoms with van der Waals surface area (Å²) < 4.78 is 0. The van der Waals surface area contributed by atoms with E-state index in [-0.39, 0.29) is 11.9 Å². The molecular weight excluding hydrogens is 306 g/mol. The van der Waals surface area contributed by atoms with Crippen LogP contribution in [0.4, 0.5) is 0 Å². The summed E-state index contributed by atoms with van der Waals surface area (Å²) in [5.41, 5.74) is 9.74. The molecule has 0 aromatic carbocycles. The molecule has 1 amide bonds. The van der Waals surface area contributed by atoms with Crippen LogP contribution in [-0.4, -0.2) is 34.9 Å². The van der Waals surface area contributed by atoms with Crippen molar-refractivity contribution in [1.82, 2.24) is 9.88 Å². The van der Waals surface area contributed by atoms with Gasteiger partial charge in [0, 0.05) is 30.1 Å². The van der Waals surface area contributed by atoms with Crippen molar-refractivity contribution in [3.63, 3.8) is 0 Å². The van der Waals surface area contributed by atoms with Gasteiger partial charge in [0.1, 0.15) is 0 Å². The van der Waals surface area contributed by atoms with Gasteiger partial charge in [-0.2, -0.15) is 11.3 Å². The van der Waals surface area contributed by atoms with Gasteiger partial charge >= 0.3 is 0 Å². The highest BCUT2D eigenvalue weighted by molar-refractivity contribution is 7.08. The molecule has 3 atom stereocenters. The van der Waals surface area contributed by atoms with Crippen LogP contribution in [0.3, 0.4) is 0 Å². The Morgan fingerprint density at radius 1 is 1.30 bits per heavy atom. The fraction of sp³-hybridized carbons (Fsp3) is 0.444. The summed E-state index contributed by atoms with van der Waals surface area (Å²) in [6.45, 7) is 3.57. The molecule has 23 heavy (non-hydrogen) atoms. The van der Waals surface area contributed by atoms with Crippen LogP contribution in [0.5, 0.6) is 0 Å². The Balaban J connectivity index is 1.55. The Hall–Kier alpha value is -1.72. The number of likely N-dealkylation sites (tertiary alicyclic amines) is 1. The molecule has 2 aromatic rings. The summed E-state index contributed by atoms with van der Waals surface area (Å²) in [5.74, 6) is 1.18. The van der Waals surface area contributed by atoms with E-state index in [1.54, 1.807) is 11.3 Å². The van der Waals surface area contributed by atoms with Crippen molar-refractivity contribution >= 4 is 17.2 Å². The molecule has 2 N–H and O–H groups in total. The highest BCUT2D eigenvalue weighted by Crippen LogP contribution is 2.37. The average molecular weight is 327 g/mol. The minimum atomic E-state index is 0.105. The summed E-state index contributed by atoms with van der Waals surface area (Å²) >= 11 is 1.65. The molecule has 4 nitrogen and oxygen atoms in total. The Kier molecular flexibility index (Phi) is 3.70. The van der Waals surface area contributed by atoms with Crippen molar-refractivity contribution in [3.05, 3.63) is 40.2 Å². The standard InChI is InChI=1S/C18H21N3OS/c1-11-14(3-5-17(20-11)13-6-7-23-10-13)18(22)21-8-12-2-4-16(19)15(12)9-21/h3,5-7,10,12,15-16H,2,4,8-9,19H2,1H3. The molecule has 3 unspecified atom stereocenters. The van der Waals surface area contributed by atoms with Crippen molar-refractivity contribution in [2.75, 3.05) is 13.1 Å². The highest BCUT2D eigenvalue weighted by Gasteiger charge is 2.42. The van der Waals surface area contributed by atoms with Crippen molar-refractivity contribution in [1.29, 1.82) is 0 Å². The monoisotopic (exact) mass is 327 g/mol. The second kappa shape index (κ2) is 5.73. The maximum absolute atomic E-state index is 12.9. The molecule has 1 saturated heterocycles. The fourth-order valence-electron chi connectivity index (χ4n) is 4.00. The predicted molar refractivity (Wildman–Crippen MR) is 92.4 cm³/mol. The number of thiophene rings is 1. The average Bonchev–Trinajstić information content (AvgIpc) is 3.25. The third-order valence-electron chi connectivity index (χ3n) is 5.33. The zero-order valence-electron chi connectivity index (χ0n) is 13.2. The SMILES string of the molecule is Cc1nc(-c2ccsc2)ccc1C(=O)N1CC2CCC(N)C2C1. The van der Waals surface area contributed by atoms with E-state index in [4.69, 9.17) is 5.73 Å². The number of aryl methyl sites for hydroxylation is 1. The lowest BCUT2D eigenvalue weighted by molar-refractivity contribution is 0.0778. The largest absolute Gasteiger partial charge is 0.338 e. The van der Waals surface area contributed by atoms with Gasteiger partial charge in [0.05, 0.1) is 17.0 Å². The molecule has 1 saturated carbocycles. The van der Waals surface area contributed by atoms with Gasteiger partial charge in [-0.3, -0.25) is 9.78 Å². The first-order valence-corrected chi connectivity index (χ1v) is 9.13. The van der Waals surface area contributed by atoms with Gasteiger partial charge in [0.25, 0.3) is 5.91 Å². The summed E-state index contributed by atoms with van der Waals surface area (Å²) in [6, 6.07) is 6.19. The summed E-state index contributed by atoms with van der Waals surface area (Å²) in [6.07, 6.45) is 2.26. The van der Waals surface area contributed by atoms with Crippen LogP contribution >= 0.6 is 11.3 Å². The lowest BCUT2D eigenvalue weighted by Crippen LogP contribution is -2.33. The van der Waals surface area contributed by atoms with Gasteiger partial charge in [-0.05, 0) is 55.2 Å². The van der Waals surface area contributed by atoms with Crippen LogP contribution in [0.2, 0.25) is 0 Å². The zero-order valence-corrected chi connectivity index (χ0v) is 14.1. The Morgan fingerprint density at radius 2 is 2.17 bits per heavy atom. The lowest BCUT2D eigenvalue weighted by atomic mass is 9.98. The minimum Gasteiger partial charge on any atom is -0.338 e. The first-order valence-electron chi connectivity index (χ1n) is 8.18. The number of pyridine rings is 1. The Labute approximate surface area is 140 Å². The van der Waals surface area contributed by atoms with Gasteiger partial charge < -0.3 is 10.6 Å². The normalized spacial score (nSPS) is 26.5. The topological polar surface area (TPSA) is 59.2 Å². The van der Waals surface area contributed by atoms with E-state index in [1.807, 2.05) is 29.3 Å². The van der Waals surface area contributed by atoms with E-state index >= 15 is 0 Å². The van der Waals surface area contributed by atoms with Gasteiger partial charge in [0.2, 0.25) is 0 Å². The number of nitrogens with two attached hydrogens (primary N) is 1. The number of aromatic nitrogens is 1. The predicted octanol–water partition coefficient (Wildman–Crippen LogP) is 2.93. The lowest BCUT2D eigenvalue weighted by Gasteiger charge is -2.19. The van der Waals surface area contributed by atoms with Crippen molar-refractivity contribution in [2.24, 2.45) is 17.6 Å². The maximum Gasteiger partial charge on any atom is 0.255 e. The molecule has 0 bridgehead atoms. The third-order valence-corrected chi connectivity index (χ3v) is 6.02.